The van der Waals surface area contributed by atoms with E-state index in [9.17, 15) is 4.79 Å². The van der Waals surface area contributed by atoms with Crippen molar-refractivity contribution in [2.45, 2.75) is 19.8 Å². The molecule has 0 saturated carbocycles. The van der Waals surface area contributed by atoms with Gasteiger partial charge in [-0.1, -0.05) is 30.7 Å². The van der Waals surface area contributed by atoms with Crippen molar-refractivity contribution in [1.29, 1.82) is 0 Å². The fourth-order valence-electron chi connectivity index (χ4n) is 1.45. The standard InChI is InChI=1S/C8H9O2.C7H8O.Fe/c9-8(10)6-5-7-3-1-2-4-7;1-6(8)7-4-2-3-5-7;/h1-4H,5-6H2,(H,9,10);2-5,8H,1H3;/q-1;;. The average Bonchev–Trinajstić information content (AvgIpc) is 3.00. The Labute approximate surface area is 123 Å². The summed E-state index contributed by atoms with van der Waals surface area (Å²) in [5, 5.41) is 17.1. The quantitative estimate of drug-likeness (QED) is 0.511. The largest absolute Gasteiger partial charge is 0.512 e. The molecule has 0 heterocycles. The van der Waals surface area contributed by atoms with Crippen LogP contribution in [-0.2, 0) is 28.3 Å². The van der Waals surface area contributed by atoms with Gasteiger partial charge >= 0.3 is 5.97 Å². The smallest absolute Gasteiger partial charge is 0.302 e. The number of hydrogen-bond donors (Lipinski definition) is 2. The van der Waals surface area contributed by atoms with Gasteiger partial charge in [0.05, 0.1) is 5.76 Å². The predicted octanol–water partition coefficient (Wildman–Crippen LogP) is 3.36. The molecular weight excluding hydrogens is 284 g/mol. The summed E-state index contributed by atoms with van der Waals surface area (Å²) in [5.41, 5.74) is 2.01. The Morgan fingerprint density at radius 1 is 1.16 bits per heavy atom. The summed E-state index contributed by atoms with van der Waals surface area (Å²) in [5.74, 6) is -0.351. The van der Waals surface area contributed by atoms with Crippen LogP contribution in [0.3, 0.4) is 0 Å². The zero-order chi connectivity index (χ0) is 13.4. The average molecular weight is 301 g/mol. The van der Waals surface area contributed by atoms with E-state index in [1.54, 1.807) is 6.92 Å². The van der Waals surface area contributed by atoms with Crippen LogP contribution in [0.25, 0.3) is 0 Å². The molecule has 0 amide bonds. The predicted molar refractivity (Wildman–Crippen MR) is 71.6 cm³/mol. The van der Waals surface area contributed by atoms with E-state index in [-0.39, 0.29) is 23.5 Å². The third-order valence-corrected chi connectivity index (χ3v) is 2.44. The summed E-state index contributed by atoms with van der Waals surface area (Å²) in [6.45, 7) is 1.68. The van der Waals surface area contributed by atoms with Gasteiger partial charge in [0.15, 0.2) is 0 Å². The minimum Gasteiger partial charge on any atom is -0.512 e. The number of aryl methyl sites for hydroxylation is 1. The summed E-state index contributed by atoms with van der Waals surface area (Å²) in [4.78, 5) is 10.1. The number of aliphatic hydroxyl groups is 1. The van der Waals surface area contributed by atoms with Crippen molar-refractivity contribution in [2.75, 3.05) is 0 Å². The van der Waals surface area contributed by atoms with Gasteiger partial charge in [0.2, 0.25) is 0 Å². The van der Waals surface area contributed by atoms with Gasteiger partial charge in [0.25, 0.3) is 0 Å². The Morgan fingerprint density at radius 2 is 1.68 bits per heavy atom. The normalized spacial score (nSPS) is 11.5. The van der Waals surface area contributed by atoms with E-state index in [1.165, 1.54) is 0 Å². The van der Waals surface area contributed by atoms with Crippen LogP contribution >= 0.6 is 0 Å². The SMILES string of the molecule is CC(O)=C1C=CC=C1.O=C(O)CC[c-]1cccc1.[Fe]. The number of carbonyl (C=O) groups is 1. The topological polar surface area (TPSA) is 57.5 Å². The molecule has 1 aromatic carbocycles. The Bertz CT molecular complexity index is 450. The van der Waals surface area contributed by atoms with Crippen LogP contribution in [0.2, 0.25) is 0 Å². The van der Waals surface area contributed by atoms with E-state index < -0.39 is 5.97 Å². The number of aliphatic carboxylic acids is 1. The van der Waals surface area contributed by atoms with Crippen LogP contribution in [0.1, 0.15) is 18.9 Å². The summed E-state index contributed by atoms with van der Waals surface area (Å²) in [6, 6.07) is 7.69. The van der Waals surface area contributed by atoms with Crippen molar-refractivity contribution in [1.82, 2.24) is 0 Å². The number of carboxylic acid groups (broad SMARTS) is 1. The Hall–Kier alpha value is -1.64. The minimum absolute atomic E-state index is 0. The first-order valence-corrected chi connectivity index (χ1v) is 5.76. The number of allylic oxidation sites excluding steroid dienone is 6. The first-order chi connectivity index (χ1) is 8.59. The Kier molecular flexibility index (Phi) is 8.51. The van der Waals surface area contributed by atoms with Crippen LogP contribution in [0.15, 0.2) is 59.9 Å². The zero-order valence-corrected chi connectivity index (χ0v) is 11.8. The van der Waals surface area contributed by atoms with E-state index in [1.807, 2.05) is 48.6 Å². The summed E-state index contributed by atoms with van der Waals surface area (Å²) >= 11 is 0. The van der Waals surface area contributed by atoms with Crippen molar-refractivity contribution in [3.8, 4) is 0 Å². The van der Waals surface area contributed by atoms with Gasteiger partial charge in [0.1, 0.15) is 0 Å². The van der Waals surface area contributed by atoms with Crippen LogP contribution in [0.5, 0.6) is 0 Å². The van der Waals surface area contributed by atoms with Crippen molar-refractivity contribution < 1.29 is 32.1 Å². The molecule has 3 nitrogen and oxygen atoms in total. The summed E-state index contributed by atoms with van der Waals surface area (Å²) in [7, 11) is 0. The molecule has 0 atom stereocenters. The van der Waals surface area contributed by atoms with Gasteiger partial charge < -0.3 is 10.2 Å². The first-order valence-electron chi connectivity index (χ1n) is 5.76. The summed E-state index contributed by atoms with van der Waals surface area (Å²) < 4.78 is 0. The number of aliphatic hydroxyl groups excluding tert-OH is 1. The van der Waals surface area contributed by atoms with Crippen molar-refractivity contribution >= 4 is 5.97 Å². The maximum atomic E-state index is 10.1. The zero-order valence-electron chi connectivity index (χ0n) is 10.7. The van der Waals surface area contributed by atoms with E-state index >= 15 is 0 Å². The molecule has 0 unspecified atom stereocenters. The third kappa shape index (κ3) is 7.39. The molecule has 0 saturated heterocycles. The van der Waals surface area contributed by atoms with E-state index in [2.05, 4.69) is 0 Å². The second-order valence-corrected chi connectivity index (χ2v) is 3.95. The molecule has 2 N–H and O–H groups in total. The summed E-state index contributed by atoms with van der Waals surface area (Å²) in [6.07, 6.45) is 8.40. The van der Waals surface area contributed by atoms with E-state index in [0.717, 1.165) is 11.1 Å². The molecule has 4 heteroatoms. The monoisotopic (exact) mass is 301 g/mol. The second kappa shape index (κ2) is 9.31. The molecular formula is C15H17FeO3-. The molecule has 2 rings (SSSR count). The van der Waals surface area contributed by atoms with E-state index in [4.69, 9.17) is 10.2 Å². The maximum absolute atomic E-state index is 10.1. The van der Waals surface area contributed by atoms with Crippen LogP contribution in [0, 0.1) is 0 Å². The van der Waals surface area contributed by atoms with Gasteiger partial charge in [0, 0.05) is 29.1 Å². The maximum Gasteiger partial charge on any atom is 0.302 e. The van der Waals surface area contributed by atoms with E-state index in [0.29, 0.717) is 12.2 Å². The van der Waals surface area contributed by atoms with Crippen molar-refractivity contribution in [3.63, 3.8) is 0 Å². The molecule has 1 aromatic rings. The van der Waals surface area contributed by atoms with Gasteiger partial charge in [-0.3, -0.25) is 4.79 Å². The molecule has 19 heavy (non-hydrogen) atoms. The fourth-order valence-corrected chi connectivity index (χ4v) is 1.45. The fraction of sp³-hybridized carbons (Fsp3) is 0.200. The van der Waals surface area contributed by atoms with Gasteiger partial charge in [-0.15, -0.1) is 0 Å². The van der Waals surface area contributed by atoms with Crippen molar-refractivity contribution in [3.05, 3.63) is 65.5 Å². The third-order valence-electron chi connectivity index (χ3n) is 2.44. The Morgan fingerprint density at radius 3 is 2.05 bits per heavy atom. The number of rotatable bonds is 3. The molecule has 104 valence electrons. The molecule has 0 spiro atoms. The molecule has 0 bridgehead atoms. The van der Waals surface area contributed by atoms with Gasteiger partial charge in [-0.2, -0.15) is 17.7 Å². The molecule has 0 aromatic heterocycles. The first kappa shape index (κ1) is 17.4. The van der Waals surface area contributed by atoms with Crippen LogP contribution in [-0.4, -0.2) is 16.2 Å². The second-order valence-electron chi connectivity index (χ2n) is 3.95. The number of carboxylic acids is 1. The Balaban J connectivity index is 0.000000331. The van der Waals surface area contributed by atoms with Gasteiger partial charge in [-0.05, 0) is 6.92 Å². The van der Waals surface area contributed by atoms with Crippen LogP contribution < -0.4 is 0 Å². The molecule has 0 fully saturated rings. The van der Waals surface area contributed by atoms with Crippen molar-refractivity contribution in [2.24, 2.45) is 0 Å². The van der Waals surface area contributed by atoms with Gasteiger partial charge in [-0.25, -0.2) is 12.1 Å². The van der Waals surface area contributed by atoms with Crippen LogP contribution in [0.4, 0.5) is 0 Å². The molecule has 0 radical (unpaired) electrons. The number of hydrogen-bond acceptors (Lipinski definition) is 2. The molecule has 1 aliphatic rings. The molecule has 1 aliphatic carbocycles. The molecule has 0 aliphatic heterocycles. The minimum atomic E-state index is -0.735.